The van der Waals surface area contributed by atoms with Crippen LogP contribution >= 0.6 is 0 Å². The number of nitrogens with zero attached hydrogens (tertiary/aromatic N) is 4. The molecule has 11 aromatic rings. The Labute approximate surface area is 322 Å². The molecule has 0 aliphatic rings. The standard InChI is InChI=1S/C51H32N4O/c1-4-14-35(15-5-1)43-32-44(54-51(53-43)38-18-8-3-9-19-38)36-26-24-33(25-27-36)34-28-30-39(31-29-34)55-45-23-13-11-21-41(45)50-48(55)46-47(37-16-6-2-7-17-37)52-42-22-12-10-20-40(42)49(46)56-50/h1-32H. The van der Waals surface area contributed by atoms with Crippen LogP contribution in [-0.4, -0.2) is 19.5 Å². The molecule has 56 heavy (non-hydrogen) atoms. The van der Waals surface area contributed by atoms with Gasteiger partial charge in [0.1, 0.15) is 11.1 Å². The summed E-state index contributed by atoms with van der Waals surface area (Å²) >= 11 is 0. The molecule has 11 rings (SSSR count). The molecular formula is C51H32N4O. The zero-order valence-electron chi connectivity index (χ0n) is 30.2. The Bertz CT molecular complexity index is 3150. The lowest BCUT2D eigenvalue weighted by atomic mass is 10.0. The lowest BCUT2D eigenvalue weighted by molar-refractivity contribution is 0.676. The van der Waals surface area contributed by atoms with Crippen molar-refractivity contribution in [1.29, 1.82) is 0 Å². The van der Waals surface area contributed by atoms with Gasteiger partial charge in [0, 0.05) is 38.7 Å². The van der Waals surface area contributed by atoms with Gasteiger partial charge in [-0.05, 0) is 53.6 Å². The molecule has 0 aliphatic heterocycles. The lowest BCUT2D eigenvalue weighted by Crippen LogP contribution is -1.96. The van der Waals surface area contributed by atoms with Crippen molar-refractivity contribution in [3.05, 3.63) is 194 Å². The minimum Gasteiger partial charge on any atom is -0.453 e. The second kappa shape index (κ2) is 13.0. The van der Waals surface area contributed by atoms with E-state index in [1.807, 2.05) is 54.6 Å². The number of benzene rings is 7. The number of furan rings is 1. The molecule has 0 saturated carbocycles. The number of rotatable bonds is 6. The Balaban J connectivity index is 1.01. The van der Waals surface area contributed by atoms with E-state index < -0.39 is 0 Å². The van der Waals surface area contributed by atoms with Crippen LogP contribution in [0.2, 0.25) is 0 Å². The van der Waals surface area contributed by atoms with Crippen molar-refractivity contribution in [2.45, 2.75) is 0 Å². The number of para-hydroxylation sites is 2. The Morgan fingerprint density at radius 3 is 1.59 bits per heavy atom. The van der Waals surface area contributed by atoms with E-state index in [0.29, 0.717) is 5.82 Å². The molecule has 0 radical (unpaired) electrons. The molecule has 0 bridgehead atoms. The van der Waals surface area contributed by atoms with Crippen LogP contribution in [0.25, 0.3) is 106 Å². The fourth-order valence-electron chi connectivity index (χ4n) is 7.93. The summed E-state index contributed by atoms with van der Waals surface area (Å²) in [5, 5.41) is 3.08. The molecule has 0 spiro atoms. The second-order valence-electron chi connectivity index (χ2n) is 14.0. The normalized spacial score (nSPS) is 11.6. The topological polar surface area (TPSA) is 56.7 Å². The molecular weight excluding hydrogens is 685 g/mol. The van der Waals surface area contributed by atoms with Crippen LogP contribution < -0.4 is 0 Å². The van der Waals surface area contributed by atoms with Crippen molar-refractivity contribution in [3.63, 3.8) is 0 Å². The average Bonchev–Trinajstić information content (AvgIpc) is 3.83. The third kappa shape index (κ3) is 5.29. The van der Waals surface area contributed by atoms with Crippen LogP contribution in [0, 0.1) is 0 Å². The van der Waals surface area contributed by atoms with Gasteiger partial charge in [0.2, 0.25) is 0 Å². The molecule has 0 N–H and O–H groups in total. The third-order valence-electron chi connectivity index (χ3n) is 10.6. The van der Waals surface area contributed by atoms with Crippen molar-refractivity contribution in [2.75, 3.05) is 0 Å². The largest absolute Gasteiger partial charge is 0.453 e. The van der Waals surface area contributed by atoms with Crippen LogP contribution in [-0.2, 0) is 0 Å². The van der Waals surface area contributed by atoms with Crippen LogP contribution in [0.3, 0.4) is 0 Å². The molecule has 0 aliphatic carbocycles. The van der Waals surface area contributed by atoms with Gasteiger partial charge in [0.25, 0.3) is 0 Å². The van der Waals surface area contributed by atoms with Crippen molar-refractivity contribution in [2.24, 2.45) is 0 Å². The van der Waals surface area contributed by atoms with E-state index in [0.717, 1.165) is 100 Å². The first-order valence-electron chi connectivity index (χ1n) is 18.8. The van der Waals surface area contributed by atoms with Gasteiger partial charge in [0.15, 0.2) is 11.4 Å². The molecule has 4 heterocycles. The van der Waals surface area contributed by atoms with E-state index >= 15 is 0 Å². The molecule has 5 nitrogen and oxygen atoms in total. The zero-order chi connectivity index (χ0) is 37.0. The van der Waals surface area contributed by atoms with E-state index in [-0.39, 0.29) is 0 Å². The minimum atomic E-state index is 0.707. The summed E-state index contributed by atoms with van der Waals surface area (Å²) in [6.07, 6.45) is 0. The predicted octanol–water partition coefficient (Wildman–Crippen LogP) is 13.2. The fraction of sp³-hybridized carbons (Fsp3) is 0. The first-order valence-corrected chi connectivity index (χ1v) is 18.8. The molecule has 7 aromatic carbocycles. The summed E-state index contributed by atoms with van der Waals surface area (Å²) in [6, 6.07) is 67.1. The highest BCUT2D eigenvalue weighted by molar-refractivity contribution is 6.24. The van der Waals surface area contributed by atoms with Crippen LogP contribution in [0.4, 0.5) is 0 Å². The van der Waals surface area contributed by atoms with Gasteiger partial charge >= 0.3 is 0 Å². The summed E-state index contributed by atoms with van der Waals surface area (Å²) in [7, 11) is 0. The number of fused-ring (bicyclic) bond motifs is 7. The van der Waals surface area contributed by atoms with E-state index in [2.05, 4.69) is 144 Å². The maximum absolute atomic E-state index is 6.88. The monoisotopic (exact) mass is 716 g/mol. The van der Waals surface area contributed by atoms with E-state index in [1.54, 1.807) is 0 Å². The zero-order valence-corrected chi connectivity index (χ0v) is 30.2. The molecule has 4 aromatic heterocycles. The molecule has 262 valence electrons. The molecule has 0 saturated heterocycles. The van der Waals surface area contributed by atoms with E-state index in [9.17, 15) is 0 Å². The van der Waals surface area contributed by atoms with Crippen molar-refractivity contribution in [3.8, 4) is 62.0 Å². The van der Waals surface area contributed by atoms with Gasteiger partial charge in [-0.3, -0.25) is 0 Å². The Morgan fingerprint density at radius 1 is 0.393 bits per heavy atom. The highest BCUT2D eigenvalue weighted by Crippen LogP contribution is 2.44. The van der Waals surface area contributed by atoms with Gasteiger partial charge in [-0.2, -0.15) is 0 Å². The van der Waals surface area contributed by atoms with Gasteiger partial charge < -0.3 is 8.98 Å². The summed E-state index contributed by atoms with van der Waals surface area (Å²) in [4.78, 5) is 15.2. The van der Waals surface area contributed by atoms with Crippen molar-refractivity contribution in [1.82, 2.24) is 19.5 Å². The first-order chi connectivity index (χ1) is 27.8. The Hall–Kier alpha value is -7.63. The predicted molar refractivity (Wildman–Crippen MR) is 229 cm³/mol. The highest BCUT2D eigenvalue weighted by Gasteiger charge is 2.24. The number of hydrogen-bond donors (Lipinski definition) is 0. The van der Waals surface area contributed by atoms with Crippen molar-refractivity contribution < 1.29 is 4.42 Å². The summed E-state index contributed by atoms with van der Waals surface area (Å²) in [6.45, 7) is 0. The van der Waals surface area contributed by atoms with Gasteiger partial charge in [0.05, 0.1) is 33.5 Å². The van der Waals surface area contributed by atoms with Gasteiger partial charge in [-0.15, -0.1) is 0 Å². The third-order valence-corrected chi connectivity index (χ3v) is 10.6. The van der Waals surface area contributed by atoms with Crippen molar-refractivity contribution >= 4 is 43.9 Å². The fourth-order valence-corrected chi connectivity index (χ4v) is 7.93. The highest BCUT2D eigenvalue weighted by atomic mass is 16.3. The average molecular weight is 717 g/mol. The van der Waals surface area contributed by atoms with E-state index in [4.69, 9.17) is 19.4 Å². The number of aromatic nitrogens is 4. The first kappa shape index (κ1) is 31.9. The van der Waals surface area contributed by atoms with Crippen LogP contribution in [0.15, 0.2) is 199 Å². The summed E-state index contributed by atoms with van der Waals surface area (Å²) < 4.78 is 9.21. The summed E-state index contributed by atoms with van der Waals surface area (Å²) in [5.41, 5.74) is 14.8. The number of pyridine rings is 1. The number of hydrogen-bond acceptors (Lipinski definition) is 4. The molecule has 0 atom stereocenters. The van der Waals surface area contributed by atoms with Gasteiger partial charge in [-0.25, -0.2) is 15.0 Å². The quantitative estimate of drug-likeness (QED) is 0.172. The SMILES string of the molecule is c1ccc(-c2cc(-c3ccc(-c4ccc(-n5c6ccccc6c6oc7c8ccccc8nc(-c8ccccc8)c7c65)cc4)cc3)nc(-c3ccccc3)n2)cc1. The Morgan fingerprint density at radius 2 is 0.911 bits per heavy atom. The maximum Gasteiger partial charge on any atom is 0.161 e. The molecule has 5 heteroatoms. The lowest BCUT2D eigenvalue weighted by Gasteiger charge is -2.12. The van der Waals surface area contributed by atoms with Crippen LogP contribution in [0.1, 0.15) is 0 Å². The Kier molecular flexibility index (Phi) is 7.42. The minimum absolute atomic E-state index is 0.707. The second-order valence-corrected chi connectivity index (χ2v) is 14.0. The smallest absolute Gasteiger partial charge is 0.161 e. The molecule has 0 fully saturated rings. The summed E-state index contributed by atoms with van der Waals surface area (Å²) in [5.74, 6) is 0.707. The van der Waals surface area contributed by atoms with Gasteiger partial charge in [-0.1, -0.05) is 152 Å². The van der Waals surface area contributed by atoms with E-state index in [1.165, 1.54) is 0 Å². The molecule has 0 unspecified atom stereocenters. The molecule has 0 amide bonds. The maximum atomic E-state index is 6.88. The van der Waals surface area contributed by atoms with Crippen LogP contribution in [0.5, 0.6) is 0 Å².